The number of aromatic nitrogens is 4. The second-order valence-electron chi connectivity index (χ2n) is 7.83. The number of hydrogen-bond acceptors (Lipinski definition) is 9. The van der Waals surface area contributed by atoms with Gasteiger partial charge in [-0.05, 0) is 43.2 Å². The molecule has 12 nitrogen and oxygen atoms in total. The lowest BCUT2D eigenvalue weighted by atomic mass is 10.2. The van der Waals surface area contributed by atoms with Crippen LogP contribution in [0, 0.1) is 0 Å². The Morgan fingerprint density at radius 3 is 2.67 bits per heavy atom. The van der Waals surface area contributed by atoms with Crippen LogP contribution in [0.4, 0.5) is 10.7 Å². The van der Waals surface area contributed by atoms with E-state index < -0.39 is 11.9 Å². The third-order valence-electron chi connectivity index (χ3n) is 5.32. The minimum atomic E-state index is -0.570. The normalized spacial score (nSPS) is 18.8. The van der Waals surface area contributed by atoms with Gasteiger partial charge in [0.2, 0.25) is 5.95 Å². The number of hydrogen-bond donors (Lipinski definition) is 4. The van der Waals surface area contributed by atoms with Crippen molar-refractivity contribution in [3.63, 3.8) is 0 Å². The zero-order valence-electron chi connectivity index (χ0n) is 17.3. The van der Waals surface area contributed by atoms with Crippen LogP contribution in [0.1, 0.15) is 24.0 Å². The average Bonchev–Trinajstić information content (AvgIpc) is 3.17. The summed E-state index contributed by atoms with van der Waals surface area (Å²) in [4.78, 5) is 36.8. The Hall–Kier alpha value is -4.48. The first-order valence-electron chi connectivity index (χ1n) is 10.6. The third kappa shape index (κ3) is 3.82. The maximum absolute atomic E-state index is 11.9. The summed E-state index contributed by atoms with van der Waals surface area (Å²) in [5, 5.41) is 15.6. The monoisotopic (exact) mass is 445 g/mol. The van der Waals surface area contributed by atoms with E-state index in [1.165, 1.54) is 6.08 Å². The molecule has 4 N–H and O–H groups in total. The van der Waals surface area contributed by atoms with Crippen LogP contribution >= 0.6 is 0 Å². The quantitative estimate of drug-likeness (QED) is 0.325. The van der Waals surface area contributed by atoms with E-state index in [1.807, 2.05) is 24.3 Å². The van der Waals surface area contributed by atoms with E-state index in [2.05, 4.69) is 41.3 Å². The Morgan fingerprint density at radius 2 is 1.97 bits per heavy atom. The van der Waals surface area contributed by atoms with Crippen LogP contribution in [0.15, 0.2) is 41.2 Å². The highest BCUT2D eigenvalue weighted by atomic mass is 16.5. The van der Waals surface area contributed by atoms with Gasteiger partial charge in [-0.2, -0.15) is 19.6 Å². The number of urea groups is 1. The first-order valence-corrected chi connectivity index (χ1v) is 10.6. The summed E-state index contributed by atoms with van der Waals surface area (Å²) in [7, 11) is 0. The van der Waals surface area contributed by atoms with E-state index >= 15 is 0 Å². The number of imide groups is 1. The number of carbonyl (C=O) groups excluding carboxylic acids is 2. The smallest absolute Gasteiger partial charge is 0.327 e. The molecule has 33 heavy (non-hydrogen) atoms. The summed E-state index contributed by atoms with van der Waals surface area (Å²) < 4.78 is 7.50. The van der Waals surface area contributed by atoms with Crippen molar-refractivity contribution in [1.82, 2.24) is 35.5 Å². The molecule has 1 saturated heterocycles. The molecular weight excluding hydrogens is 426 g/mol. The van der Waals surface area contributed by atoms with Crippen molar-refractivity contribution < 1.29 is 14.3 Å². The molecule has 1 aliphatic carbocycles. The molecule has 3 aromatic rings. The van der Waals surface area contributed by atoms with Crippen LogP contribution in [0.5, 0.6) is 11.8 Å². The number of anilines is 1. The molecule has 3 aliphatic rings. The highest BCUT2D eigenvalue weighted by molar-refractivity contribution is 6.14. The van der Waals surface area contributed by atoms with E-state index in [0.29, 0.717) is 29.0 Å². The van der Waals surface area contributed by atoms with Gasteiger partial charge in [0.1, 0.15) is 17.3 Å². The van der Waals surface area contributed by atoms with Gasteiger partial charge in [-0.3, -0.25) is 15.1 Å². The molecule has 12 heteroatoms. The number of rotatable bonds is 6. The van der Waals surface area contributed by atoms with E-state index in [1.54, 1.807) is 10.7 Å². The van der Waals surface area contributed by atoms with Crippen molar-refractivity contribution in [3.8, 4) is 11.8 Å². The number of benzene rings is 1. The van der Waals surface area contributed by atoms with Gasteiger partial charge in [0.15, 0.2) is 5.65 Å². The van der Waals surface area contributed by atoms with Crippen LogP contribution in [0.3, 0.4) is 0 Å². The van der Waals surface area contributed by atoms with Crippen molar-refractivity contribution in [2.75, 3.05) is 18.4 Å². The van der Waals surface area contributed by atoms with Gasteiger partial charge < -0.3 is 20.7 Å². The molecule has 1 saturated carbocycles. The molecule has 0 radical (unpaired) electrons. The summed E-state index contributed by atoms with van der Waals surface area (Å²) in [6, 6.07) is 7.39. The van der Waals surface area contributed by atoms with Crippen molar-refractivity contribution in [2.24, 2.45) is 4.99 Å². The molecule has 1 aromatic carbocycles. The molecule has 0 bridgehead atoms. The predicted octanol–water partition coefficient (Wildman–Crippen LogP) is 1.02. The number of amidine groups is 1. The molecule has 166 valence electrons. The van der Waals surface area contributed by atoms with Crippen LogP contribution in [0.25, 0.3) is 11.7 Å². The fourth-order valence-corrected chi connectivity index (χ4v) is 3.54. The van der Waals surface area contributed by atoms with Crippen molar-refractivity contribution in [2.45, 2.75) is 18.9 Å². The lowest BCUT2D eigenvalue weighted by Crippen LogP contribution is -2.22. The average molecular weight is 445 g/mol. The van der Waals surface area contributed by atoms with Gasteiger partial charge in [-0.15, -0.1) is 0 Å². The Balaban J connectivity index is 1.34. The molecule has 0 atom stereocenters. The second-order valence-corrected chi connectivity index (χ2v) is 7.83. The van der Waals surface area contributed by atoms with Gasteiger partial charge in [0, 0.05) is 23.7 Å². The van der Waals surface area contributed by atoms with Crippen LogP contribution < -0.4 is 26.0 Å². The molecular formula is C21H19N9O3. The van der Waals surface area contributed by atoms with E-state index in [9.17, 15) is 9.59 Å². The van der Waals surface area contributed by atoms with E-state index in [0.717, 1.165) is 37.3 Å². The van der Waals surface area contributed by atoms with Crippen molar-refractivity contribution in [1.29, 1.82) is 0 Å². The SMILES string of the molecule is O=C1NC(=O)/C(=C/c2cnn3c(NC4CC4)nc(Oc4ccc(C5=NCCN5)cc4)nc23)N1. The predicted molar refractivity (Wildman–Crippen MR) is 118 cm³/mol. The molecule has 2 aromatic heterocycles. The van der Waals surface area contributed by atoms with Crippen molar-refractivity contribution >= 4 is 35.4 Å². The standard InChI is InChI=1S/C21H19N9O3/c31-18-15(26-20(32)28-18)9-12-10-24-30-17(12)27-21(29-19(30)25-13-3-4-13)33-14-5-1-11(2-6-14)16-22-7-8-23-16/h1-2,5-6,9-10,13H,3-4,7-8H2,(H,22,23)(H,25,27,29)(H2,26,28,31,32)/b15-9-. The summed E-state index contributed by atoms with van der Waals surface area (Å²) in [6.07, 6.45) is 5.17. The minimum absolute atomic E-state index is 0.117. The molecule has 2 fully saturated rings. The summed E-state index contributed by atoms with van der Waals surface area (Å²) in [6.45, 7) is 1.61. The second kappa shape index (κ2) is 7.58. The maximum Gasteiger partial charge on any atom is 0.327 e. The Bertz CT molecular complexity index is 1340. The van der Waals surface area contributed by atoms with Crippen LogP contribution in [-0.4, -0.2) is 56.5 Å². The number of nitrogens with one attached hydrogen (secondary N) is 4. The molecule has 0 unspecified atom stereocenters. The summed E-state index contributed by atoms with van der Waals surface area (Å²) in [5.74, 6) is 1.42. The third-order valence-corrected chi connectivity index (χ3v) is 5.32. The maximum atomic E-state index is 11.9. The van der Waals surface area contributed by atoms with Gasteiger partial charge >= 0.3 is 12.0 Å². The Labute approximate surface area is 187 Å². The fraction of sp³-hybridized carbons (Fsp3) is 0.238. The molecule has 2 aliphatic heterocycles. The van der Waals surface area contributed by atoms with Gasteiger partial charge in [0.25, 0.3) is 5.91 Å². The van der Waals surface area contributed by atoms with Gasteiger partial charge in [0.05, 0.1) is 12.7 Å². The zero-order valence-corrected chi connectivity index (χ0v) is 17.3. The minimum Gasteiger partial charge on any atom is -0.424 e. The first-order chi connectivity index (χ1) is 16.1. The largest absolute Gasteiger partial charge is 0.424 e. The number of aliphatic imine (C=N–C) groups is 1. The Morgan fingerprint density at radius 1 is 1.12 bits per heavy atom. The summed E-state index contributed by atoms with van der Waals surface area (Å²) in [5.41, 5.74) is 2.07. The molecule has 4 heterocycles. The van der Waals surface area contributed by atoms with Gasteiger partial charge in [-0.25, -0.2) is 4.79 Å². The number of amides is 3. The molecule has 6 rings (SSSR count). The highest BCUT2D eigenvalue weighted by Gasteiger charge is 2.26. The Kier molecular flexibility index (Phi) is 4.42. The number of fused-ring (bicyclic) bond motifs is 1. The van der Waals surface area contributed by atoms with Crippen LogP contribution in [0.2, 0.25) is 0 Å². The first kappa shape index (κ1) is 19.2. The lowest BCUT2D eigenvalue weighted by molar-refractivity contribution is -0.115. The fourth-order valence-electron chi connectivity index (χ4n) is 3.54. The van der Waals surface area contributed by atoms with E-state index in [-0.39, 0.29) is 11.7 Å². The van der Waals surface area contributed by atoms with Crippen molar-refractivity contribution in [3.05, 3.63) is 47.3 Å². The van der Waals surface area contributed by atoms with Crippen LogP contribution in [-0.2, 0) is 4.79 Å². The number of nitrogens with zero attached hydrogens (tertiary/aromatic N) is 5. The van der Waals surface area contributed by atoms with E-state index in [4.69, 9.17) is 4.74 Å². The highest BCUT2D eigenvalue weighted by Crippen LogP contribution is 2.27. The topological polar surface area (TPSA) is 147 Å². The molecule has 0 spiro atoms. The number of carbonyl (C=O) groups is 2. The lowest BCUT2D eigenvalue weighted by Gasteiger charge is -2.10. The molecule has 3 amide bonds. The zero-order chi connectivity index (χ0) is 22.4. The van der Waals surface area contributed by atoms with Gasteiger partial charge in [-0.1, -0.05) is 0 Å². The summed E-state index contributed by atoms with van der Waals surface area (Å²) >= 11 is 0. The number of ether oxygens (including phenoxy) is 1.